The first-order valence-electron chi connectivity index (χ1n) is 9.00. The number of nitrogens with one attached hydrogen (secondary N) is 1. The smallest absolute Gasteiger partial charge is 0.235 e. The number of aromatic nitrogens is 1. The number of hydrogen-bond acceptors (Lipinski definition) is 5. The fourth-order valence-corrected chi connectivity index (χ4v) is 4.33. The van der Waals surface area contributed by atoms with E-state index in [-0.39, 0.29) is 23.4 Å². The van der Waals surface area contributed by atoms with Gasteiger partial charge in [0.2, 0.25) is 11.8 Å². The molecule has 2 aromatic carbocycles. The number of hydrogen-bond donors (Lipinski definition) is 1. The Balaban J connectivity index is 1.67. The average Bonchev–Trinajstić information content (AvgIpc) is 3.01. The highest BCUT2D eigenvalue weighted by atomic mass is 35.5. The lowest BCUT2D eigenvalue weighted by Crippen LogP contribution is -2.32. The number of halogens is 1. The third-order valence-corrected chi connectivity index (χ3v) is 6.00. The molecule has 1 amide bonds. The molecule has 0 radical (unpaired) electrons. The maximum Gasteiger partial charge on any atom is 0.235 e. The van der Waals surface area contributed by atoms with Gasteiger partial charge < -0.3 is 9.73 Å². The maximum absolute atomic E-state index is 12.5. The number of carbonyl (C=O) groups excluding carboxylic acids is 1. The molecule has 3 rings (SSSR count). The van der Waals surface area contributed by atoms with Gasteiger partial charge in [0.25, 0.3) is 0 Å². The van der Waals surface area contributed by atoms with Crippen LogP contribution in [0.5, 0.6) is 0 Å². The Hall–Kier alpha value is -2.64. The summed E-state index contributed by atoms with van der Waals surface area (Å²) >= 11 is 5.98. The van der Waals surface area contributed by atoms with Crippen LogP contribution in [-0.4, -0.2) is 25.1 Å². The Morgan fingerprint density at radius 1 is 1.17 bits per heavy atom. The van der Waals surface area contributed by atoms with Crippen molar-refractivity contribution in [1.82, 2.24) is 10.3 Å². The van der Waals surface area contributed by atoms with Crippen molar-refractivity contribution in [2.45, 2.75) is 25.6 Å². The van der Waals surface area contributed by atoms with E-state index in [0.29, 0.717) is 16.3 Å². The van der Waals surface area contributed by atoms with Crippen LogP contribution in [0.15, 0.2) is 59.0 Å². The number of benzene rings is 2. The summed E-state index contributed by atoms with van der Waals surface area (Å²) in [6.07, 6.45) is 0. The minimum Gasteiger partial charge on any atom is -0.441 e. The second-order valence-electron chi connectivity index (χ2n) is 6.76. The van der Waals surface area contributed by atoms with Crippen LogP contribution in [0.25, 0.3) is 11.5 Å². The van der Waals surface area contributed by atoms with Crippen molar-refractivity contribution >= 4 is 27.3 Å². The van der Waals surface area contributed by atoms with Crippen molar-refractivity contribution < 1.29 is 17.6 Å². The van der Waals surface area contributed by atoms with E-state index in [0.717, 1.165) is 5.56 Å². The standard InChI is InChI=1S/C21H21ClN2O4S/c1-14(16-7-4-3-5-8-16)23-20(25)13-29(26,27)12-19-15(2)28-21(24-19)17-9-6-10-18(22)11-17/h3-11,14H,12-13H2,1-2H3,(H,23,25). The van der Waals surface area contributed by atoms with Crippen molar-refractivity contribution in [2.75, 3.05) is 5.75 Å². The normalized spacial score (nSPS) is 12.5. The van der Waals surface area contributed by atoms with E-state index in [1.54, 1.807) is 38.1 Å². The Kier molecular flexibility index (Phi) is 6.39. The molecule has 6 nitrogen and oxygen atoms in total. The molecule has 29 heavy (non-hydrogen) atoms. The predicted molar refractivity (Wildman–Crippen MR) is 112 cm³/mol. The third kappa shape index (κ3) is 5.68. The van der Waals surface area contributed by atoms with E-state index in [9.17, 15) is 13.2 Å². The van der Waals surface area contributed by atoms with E-state index < -0.39 is 21.5 Å². The van der Waals surface area contributed by atoms with Crippen LogP contribution in [0.4, 0.5) is 0 Å². The number of carbonyl (C=O) groups is 1. The summed E-state index contributed by atoms with van der Waals surface area (Å²) in [5.41, 5.74) is 1.83. The second-order valence-corrected chi connectivity index (χ2v) is 9.27. The highest BCUT2D eigenvalue weighted by Gasteiger charge is 2.23. The summed E-state index contributed by atoms with van der Waals surface area (Å²) in [5, 5.41) is 3.24. The molecule has 1 N–H and O–H groups in total. The molecule has 3 aromatic rings. The predicted octanol–water partition coefficient (Wildman–Crippen LogP) is 4.10. The van der Waals surface area contributed by atoms with Gasteiger partial charge >= 0.3 is 0 Å². The van der Waals surface area contributed by atoms with Gasteiger partial charge in [-0.3, -0.25) is 4.79 Å². The molecule has 0 spiro atoms. The number of nitrogens with zero attached hydrogens (tertiary/aromatic N) is 1. The molecule has 0 saturated heterocycles. The van der Waals surface area contributed by atoms with Crippen molar-refractivity contribution in [3.05, 3.63) is 76.6 Å². The Morgan fingerprint density at radius 3 is 2.59 bits per heavy atom. The third-order valence-electron chi connectivity index (χ3n) is 4.35. The molecular weight excluding hydrogens is 412 g/mol. The quantitative estimate of drug-likeness (QED) is 0.607. The highest BCUT2D eigenvalue weighted by molar-refractivity contribution is 7.91. The van der Waals surface area contributed by atoms with E-state index in [1.807, 2.05) is 30.3 Å². The molecule has 1 atom stereocenters. The van der Waals surface area contributed by atoms with Crippen LogP contribution in [0, 0.1) is 6.92 Å². The molecule has 0 aliphatic rings. The fraction of sp³-hybridized carbons (Fsp3) is 0.238. The zero-order valence-electron chi connectivity index (χ0n) is 16.1. The molecule has 0 aliphatic heterocycles. The minimum atomic E-state index is -3.72. The summed E-state index contributed by atoms with van der Waals surface area (Å²) in [4.78, 5) is 16.5. The van der Waals surface area contributed by atoms with Crippen LogP contribution in [0.3, 0.4) is 0 Å². The highest BCUT2D eigenvalue weighted by Crippen LogP contribution is 2.25. The summed E-state index contributed by atoms with van der Waals surface area (Å²) in [6, 6.07) is 16.0. The first-order chi connectivity index (χ1) is 13.7. The molecule has 1 heterocycles. The second kappa shape index (κ2) is 8.80. The Morgan fingerprint density at radius 2 is 1.90 bits per heavy atom. The van der Waals surface area contributed by atoms with Crippen molar-refractivity contribution in [1.29, 1.82) is 0 Å². The van der Waals surface area contributed by atoms with Crippen LogP contribution in [-0.2, 0) is 20.4 Å². The number of rotatable bonds is 7. The molecule has 8 heteroatoms. The molecule has 0 saturated carbocycles. The first kappa shape index (κ1) is 21.1. The molecule has 0 aliphatic carbocycles. The van der Waals surface area contributed by atoms with Crippen LogP contribution >= 0.6 is 11.6 Å². The molecule has 1 unspecified atom stereocenters. The summed E-state index contributed by atoms with van der Waals surface area (Å²) in [7, 11) is -3.72. The number of sulfone groups is 1. The van der Waals surface area contributed by atoms with Gasteiger partial charge in [-0.25, -0.2) is 13.4 Å². The van der Waals surface area contributed by atoms with E-state index in [2.05, 4.69) is 10.3 Å². The molecule has 0 fully saturated rings. The van der Waals surface area contributed by atoms with Crippen LogP contribution in [0.2, 0.25) is 5.02 Å². The van der Waals surface area contributed by atoms with Crippen molar-refractivity contribution in [3.63, 3.8) is 0 Å². The molecule has 152 valence electrons. The van der Waals surface area contributed by atoms with Gasteiger partial charge in [0.15, 0.2) is 9.84 Å². The van der Waals surface area contributed by atoms with E-state index >= 15 is 0 Å². The SMILES string of the molecule is Cc1oc(-c2cccc(Cl)c2)nc1CS(=O)(=O)CC(=O)NC(C)c1ccccc1. The van der Waals surface area contributed by atoms with Gasteiger partial charge in [-0.05, 0) is 37.6 Å². The Labute approximate surface area is 174 Å². The lowest BCUT2D eigenvalue weighted by atomic mass is 10.1. The summed E-state index contributed by atoms with van der Waals surface area (Å²) < 4.78 is 30.6. The van der Waals surface area contributed by atoms with Gasteiger partial charge in [0.05, 0.1) is 17.5 Å². The van der Waals surface area contributed by atoms with Crippen molar-refractivity contribution in [2.24, 2.45) is 0 Å². The van der Waals surface area contributed by atoms with E-state index in [4.69, 9.17) is 16.0 Å². The summed E-state index contributed by atoms with van der Waals surface area (Å²) in [5.74, 6) is -0.879. The van der Waals surface area contributed by atoms with Crippen LogP contribution < -0.4 is 5.32 Å². The van der Waals surface area contributed by atoms with Gasteiger partial charge in [-0.15, -0.1) is 0 Å². The van der Waals surface area contributed by atoms with E-state index in [1.165, 1.54) is 0 Å². The number of amides is 1. The van der Waals surface area contributed by atoms with Crippen LogP contribution in [0.1, 0.15) is 30.0 Å². The van der Waals surface area contributed by atoms with Gasteiger partial charge in [-0.2, -0.15) is 0 Å². The average molecular weight is 433 g/mol. The molecule has 1 aromatic heterocycles. The zero-order chi connectivity index (χ0) is 21.0. The largest absolute Gasteiger partial charge is 0.441 e. The van der Waals surface area contributed by atoms with Gasteiger partial charge in [-0.1, -0.05) is 48.0 Å². The monoisotopic (exact) mass is 432 g/mol. The maximum atomic E-state index is 12.5. The summed E-state index contributed by atoms with van der Waals surface area (Å²) in [6.45, 7) is 3.45. The minimum absolute atomic E-state index is 0.281. The van der Waals surface area contributed by atoms with Crippen molar-refractivity contribution in [3.8, 4) is 11.5 Å². The lowest BCUT2D eigenvalue weighted by Gasteiger charge is -2.14. The fourth-order valence-electron chi connectivity index (χ4n) is 2.87. The zero-order valence-corrected chi connectivity index (χ0v) is 17.6. The van der Waals surface area contributed by atoms with Gasteiger partial charge in [0, 0.05) is 10.6 Å². The number of oxazole rings is 1. The Bertz CT molecular complexity index is 1110. The van der Waals surface area contributed by atoms with Gasteiger partial charge in [0.1, 0.15) is 11.5 Å². The first-order valence-corrected chi connectivity index (χ1v) is 11.2. The lowest BCUT2D eigenvalue weighted by molar-refractivity contribution is -0.119. The molecule has 0 bridgehead atoms. The molecular formula is C21H21ClN2O4S. The number of aryl methyl sites for hydroxylation is 1. The topological polar surface area (TPSA) is 89.3 Å².